The van der Waals surface area contributed by atoms with E-state index < -0.39 is 0 Å². The predicted molar refractivity (Wildman–Crippen MR) is 64.8 cm³/mol. The van der Waals surface area contributed by atoms with Gasteiger partial charge in [0.1, 0.15) is 5.82 Å². The molecule has 0 amide bonds. The molecule has 0 aliphatic carbocycles. The lowest BCUT2D eigenvalue weighted by atomic mass is 10.2. The van der Waals surface area contributed by atoms with Gasteiger partial charge in [-0.05, 0) is 6.07 Å². The molecule has 5 heteroatoms. The van der Waals surface area contributed by atoms with Crippen LogP contribution in [0.25, 0.3) is 11.0 Å². The molecule has 2 aromatic heterocycles. The van der Waals surface area contributed by atoms with Gasteiger partial charge in [-0.1, -0.05) is 0 Å². The number of hydrogen-bond donors (Lipinski definition) is 1. The summed E-state index contributed by atoms with van der Waals surface area (Å²) in [6.45, 7) is 2.50. The number of nitrogens with one attached hydrogen (secondary N) is 1. The molecular formula is C12H16N4O. The zero-order valence-corrected chi connectivity index (χ0v) is 9.89. The molecule has 1 N–H and O–H groups in total. The Balaban J connectivity index is 1.87. The number of nitrogens with zero attached hydrogens (tertiary/aromatic N) is 3. The van der Waals surface area contributed by atoms with Crippen LogP contribution in [0.15, 0.2) is 18.5 Å². The van der Waals surface area contributed by atoms with Crippen LogP contribution < -0.4 is 5.32 Å². The average molecular weight is 232 g/mol. The van der Waals surface area contributed by atoms with Crippen molar-refractivity contribution in [2.75, 3.05) is 19.8 Å². The third-order valence-corrected chi connectivity index (χ3v) is 3.20. The lowest BCUT2D eigenvalue weighted by Gasteiger charge is -2.23. The van der Waals surface area contributed by atoms with Crippen molar-refractivity contribution in [3.63, 3.8) is 0 Å². The van der Waals surface area contributed by atoms with Gasteiger partial charge in [-0.2, -0.15) is 0 Å². The normalized spacial score (nSPS) is 20.9. The number of hydrogen-bond acceptors (Lipinski definition) is 4. The Hall–Kier alpha value is -1.46. The number of imidazole rings is 1. The lowest BCUT2D eigenvalue weighted by Crippen LogP contribution is -2.42. The first-order valence-electron chi connectivity index (χ1n) is 5.91. The van der Waals surface area contributed by atoms with E-state index in [4.69, 9.17) is 4.74 Å². The number of aromatic nitrogens is 3. The van der Waals surface area contributed by atoms with Crippen molar-refractivity contribution in [3.05, 3.63) is 24.3 Å². The minimum Gasteiger partial charge on any atom is -0.379 e. The maximum atomic E-state index is 5.46. The van der Waals surface area contributed by atoms with Crippen molar-refractivity contribution in [1.82, 2.24) is 19.9 Å². The van der Waals surface area contributed by atoms with Crippen LogP contribution in [0.4, 0.5) is 0 Å². The summed E-state index contributed by atoms with van der Waals surface area (Å²) in [6, 6.07) is 2.32. The summed E-state index contributed by atoms with van der Waals surface area (Å²) in [5, 5.41) is 3.45. The number of fused-ring (bicyclic) bond motifs is 1. The van der Waals surface area contributed by atoms with Crippen LogP contribution in [0.3, 0.4) is 0 Å². The molecule has 0 bridgehead atoms. The van der Waals surface area contributed by atoms with E-state index in [1.54, 1.807) is 6.20 Å². The van der Waals surface area contributed by atoms with E-state index in [0.717, 1.165) is 43.0 Å². The Kier molecular flexibility index (Phi) is 2.78. The summed E-state index contributed by atoms with van der Waals surface area (Å²) >= 11 is 0. The van der Waals surface area contributed by atoms with Gasteiger partial charge < -0.3 is 14.6 Å². The van der Waals surface area contributed by atoms with Crippen LogP contribution in [0.1, 0.15) is 5.82 Å². The zero-order valence-electron chi connectivity index (χ0n) is 9.89. The predicted octanol–water partition coefficient (Wildman–Crippen LogP) is 0.499. The first-order chi connectivity index (χ1) is 8.34. The Morgan fingerprint density at radius 3 is 3.29 bits per heavy atom. The number of pyridine rings is 1. The highest BCUT2D eigenvalue weighted by Crippen LogP contribution is 2.14. The highest BCUT2D eigenvalue weighted by Gasteiger charge is 2.17. The molecule has 1 atom stereocenters. The molecule has 5 nitrogen and oxygen atoms in total. The quantitative estimate of drug-likeness (QED) is 0.819. The fraction of sp³-hybridized carbons (Fsp3) is 0.500. The molecule has 3 heterocycles. The maximum absolute atomic E-state index is 5.46. The number of morpholine rings is 1. The highest BCUT2D eigenvalue weighted by molar-refractivity contribution is 5.74. The number of ether oxygens (including phenoxy) is 1. The van der Waals surface area contributed by atoms with Crippen molar-refractivity contribution < 1.29 is 4.74 Å². The van der Waals surface area contributed by atoms with Gasteiger partial charge in [0.25, 0.3) is 0 Å². The van der Waals surface area contributed by atoms with E-state index in [1.165, 1.54) is 0 Å². The third kappa shape index (κ3) is 2.03. The van der Waals surface area contributed by atoms with E-state index in [0.29, 0.717) is 6.04 Å². The fourth-order valence-electron chi connectivity index (χ4n) is 2.24. The van der Waals surface area contributed by atoms with Crippen molar-refractivity contribution >= 4 is 11.0 Å². The van der Waals surface area contributed by atoms with Gasteiger partial charge in [0.05, 0.1) is 30.4 Å². The van der Waals surface area contributed by atoms with Crippen molar-refractivity contribution in [1.29, 1.82) is 0 Å². The van der Waals surface area contributed by atoms with Gasteiger partial charge in [0.15, 0.2) is 0 Å². The Morgan fingerprint density at radius 1 is 1.59 bits per heavy atom. The summed E-state index contributed by atoms with van der Waals surface area (Å²) in [7, 11) is 2.04. The molecule has 1 aliphatic rings. The van der Waals surface area contributed by atoms with Crippen molar-refractivity contribution in [2.24, 2.45) is 7.05 Å². The van der Waals surface area contributed by atoms with Gasteiger partial charge in [0.2, 0.25) is 0 Å². The van der Waals surface area contributed by atoms with Crippen LogP contribution in [-0.2, 0) is 18.2 Å². The lowest BCUT2D eigenvalue weighted by molar-refractivity contribution is 0.0762. The second-order valence-electron chi connectivity index (χ2n) is 4.38. The molecule has 1 unspecified atom stereocenters. The Morgan fingerprint density at radius 2 is 2.53 bits per heavy atom. The molecule has 1 aliphatic heterocycles. The summed E-state index contributed by atoms with van der Waals surface area (Å²) in [5.74, 6) is 1.08. The van der Waals surface area contributed by atoms with Crippen LogP contribution in [0.2, 0.25) is 0 Å². The van der Waals surface area contributed by atoms with E-state index in [9.17, 15) is 0 Å². The Labute approximate surface area is 99.8 Å². The molecule has 1 fully saturated rings. The molecule has 3 rings (SSSR count). The van der Waals surface area contributed by atoms with E-state index in [-0.39, 0.29) is 0 Å². The monoisotopic (exact) mass is 232 g/mol. The van der Waals surface area contributed by atoms with Crippen molar-refractivity contribution in [2.45, 2.75) is 12.5 Å². The minimum atomic E-state index is 0.368. The fourth-order valence-corrected chi connectivity index (χ4v) is 2.24. The van der Waals surface area contributed by atoms with Gasteiger partial charge in [0, 0.05) is 32.3 Å². The molecule has 0 saturated carbocycles. The second kappa shape index (κ2) is 4.43. The van der Waals surface area contributed by atoms with Crippen LogP contribution in [0.5, 0.6) is 0 Å². The SMILES string of the molecule is Cn1c(CC2COCCN2)nc2ccncc21. The molecule has 0 spiro atoms. The van der Waals surface area contributed by atoms with Crippen LogP contribution in [0, 0.1) is 0 Å². The number of rotatable bonds is 2. The standard InChI is InChI=1S/C12H16N4O/c1-16-11-7-13-3-2-10(11)15-12(16)6-9-8-17-5-4-14-9/h2-3,7,9,14H,4-6,8H2,1H3. The summed E-state index contributed by atoms with van der Waals surface area (Å²) < 4.78 is 7.57. The Bertz CT molecular complexity index is 516. The third-order valence-electron chi connectivity index (χ3n) is 3.20. The smallest absolute Gasteiger partial charge is 0.111 e. The summed E-state index contributed by atoms with van der Waals surface area (Å²) in [4.78, 5) is 8.77. The summed E-state index contributed by atoms with van der Waals surface area (Å²) in [6.07, 6.45) is 4.53. The minimum absolute atomic E-state index is 0.368. The van der Waals surface area contributed by atoms with Crippen LogP contribution in [-0.4, -0.2) is 40.3 Å². The van der Waals surface area contributed by atoms with E-state index in [1.807, 2.05) is 19.3 Å². The molecular weight excluding hydrogens is 216 g/mol. The van der Waals surface area contributed by atoms with Gasteiger partial charge >= 0.3 is 0 Å². The largest absolute Gasteiger partial charge is 0.379 e. The van der Waals surface area contributed by atoms with E-state index in [2.05, 4.69) is 19.9 Å². The van der Waals surface area contributed by atoms with Gasteiger partial charge in [-0.25, -0.2) is 4.98 Å². The molecule has 17 heavy (non-hydrogen) atoms. The topological polar surface area (TPSA) is 52.0 Å². The van der Waals surface area contributed by atoms with Gasteiger partial charge in [-0.3, -0.25) is 4.98 Å². The molecule has 90 valence electrons. The van der Waals surface area contributed by atoms with E-state index >= 15 is 0 Å². The van der Waals surface area contributed by atoms with Crippen molar-refractivity contribution in [3.8, 4) is 0 Å². The summed E-state index contributed by atoms with van der Waals surface area (Å²) in [5.41, 5.74) is 2.09. The second-order valence-corrected chi connectivity index (χ2v) is 4.38. The molecule has 2 aromatic rings. The first kappa shape index (κ1) is 10.7. The first-order valence-corrected chi connectivity index (χ1v) is 5.91. The molecule has 0 radical (unpaired) electrons. The maximum Gasteiger partial charge on any atom is 0.111 e. The van der Waals surface area contributed by atoms with Crippen LogP contribution >= 0.6 is 0 Å². The van der Waals surface area contributed by atoms with Gasteiger partial charge in [-0.15, -0.1) is 0 Å². The number of aryl methyl sites for hydroxylation is 1. The molecule has 1 saturated heterocycles. The zero-order chi connectivity index (χ0) is 11.7. The highest BCUT2D eigenvalue weighted by atomic mass is 16.5. The average Bonchev–Trinajstić information content (AvgIpc) is 2.68. The molecule has 0 aromatic carbocycles.